The molecule has 2 rings (SSSR count). The Morgan fingerprint density at radius 1 is 1.42 bits per heavy atom. The molecule has 0 aliphatic carbocycles. The molecule has 1 aromatic heterocycles. The van der Waals surface area contributed by atoms with E-state index in [-0.39, 0.29) is 5.92 Å². The molecule has 1 saturated heterocycles. The number of halogens is 1. The van der Waals surface area contributed by atoms with E-state index in [2.05, 4.69) is 44.5 Å². The molecular formula is C14H22BrN3O. The molecule has 1 aliphatic heterocycles. The third-order valence-corrected chi connectivity index (χ3v) is 4.96. The Morgan fingerprint density at radius 3 is 2.79 bits per heavy atom. The van der Waals surface area contributed by atoms with Crippen molar-refractivity contribution in [2.24, 2.45) is 5.92 Å². The van der Waals surface area contributed by atoms with Crippen LogP contribution in [0.3, 0.4) is 0 Å². The van der Waals surface area contributed by atoms with Crippen molar-refractivity contribution in [3.8, 4) is 0 Å². The van der Waals surface area contributed by atoms with E-state index in [9.17, 15) is 4.79 Å². The van der Waals surface area contributed by atoms with Crippen molar-refractivity contribution in [1.29, 1.82) is 0 Å². The quantitative estimate of drug-likeness (QED) is 0.853. The average molecular weight is 328 g/mol. The van der Waals surface area contributed by atoms with Crippen LogP contribution in [0.25, 0.3) is 0 Å². The first-order valence-corrected chi connectivity index (χ1v) is 7.82. The first-order chi connectivity index (χ1) is 9.06. The van der Waals surface area contributed by atoms with E-state index in [0.29, 0.717) is 12.2 Å². The summed E-state index contributed by atoms with van der Waals surface area (Å²) in [4.78, 5) is 14.1. The maximum absolute atomic E-state index is 11.8. The molecule has 106 valence electrons. The number of ketones is 1. The van der Waals surface area contributed by atoms with E-state index >= 15 is 0 Å². The zero-order valence-electron chi connectivity index (χ0n) is 11.9. The molecular weight excluding hydrogens is 306 g/mol. The summed E-state index contributed by atoms with van der Waals surface area (Å²) in [5, 5.41) is 4.52. The molecule has 1 atom stereocenters. The maximum atomic E-state index is 11.8. The van der Waals surface area contributed by atoms with Gasteiger partial charge in [-0.25, -0.2) is 0 Å². The molecule has 2 heterocycles. The van der Waals surface area contributed by atoms with Gasteiger partial charge in [0.15, 0.2) is 0 Å². The van der Waals surface area contributed by atoms with Crippen LogP contribution in [-0.4, -0.2) is 33.6 Å². The SMILES string of the molecule is CCC1CN(Cc2c(Br)c(C)nn2CC)CCC1=O. The van der Waals surface area contributed by atoms with Crippen LogP contribution in [0.5, 0.6) is 0 Å². The molecule has 1 aliphatic rings. The topological polar surface area (TPSA) is 38.1 Å². The maximum Gasteiger partial charge on any atom is 0.138 e. The third kappa shape index (κ3) is 3.08. The number of Topliss-reactive ketones (excluding diaryl/α,β-unsaturated/α-hetero) is 1. The number of likely N-dealkylation sites (tertiary alicyclic amines) is 1. The van der Waals surface area contributed by atoms with Crippen LogP contribution in [0.15, 0.2) is 4.47 Å². The molecule has 1 unspecified atom stereocenters. The van der Waals surface area contributed by atoms with Crippen molar-refractivity contribution in [2.45, 2.75) is 46.7 Å². The predicted octanol–water partition coefficient (Wildman–Crippen LogP) is 2.77. The van der Waals surface area contributed by atoms with Crippen molar-refractivity contribution >= 4 is 21.7 Å². The molecule has 19 heavy (non-hydrogen) atoms. The van der Waals surface area contributed by atoms with E-state index in [1.807, 2.05) is 6.92 Å². The lowest BCUT2D eigenvalue weighted by atomic mass is 9.94. The van der Waals surface area contributed by atoms with Gasteiger partial charge in [-0.3, -0.25) is 14.4 Å². The van der Waals surface area contributed by atoms with Gasteiger partial charge in [-0.05, 0) is 36.2 Å². The van der Waals surface area contributed by atoms with Crippen LogP contribution in [0.2, 0.25) is 0 Å². The number of carbonyl (C=O) groups is 1. The number of aromatic nitrogens is 2. The highest BCUT2D eigenvalue weighted by Crippen LogP contribution is 2.25. The van der Waals surface area contributed by atoms with Crippen molar-refractivity contribution in [1.82, 2.24) is 14.7 Å². The molecule has 4 nitrogen and oxygen atoms in total. The predicted molar refractivity (Wildman–Crippen MR) is 79.0 cm³/mol. The lowest BCUT2D eigenvalue weighted by Gasteiger charge is -2.31. The summed E-state index contributed by atoms with van der Waals surface area (Å²) in [7, 11) is 0. The lowest BCUT2D eigenvalue weighted by Crippen LogP contribution is -2.40. The second kappa shape index (κ2) is 6.18. The number of hydrogen-bond donors (Lipinski definition) is 0. The van der Waals surface area contributed by atoms with Crippen LogP contribution < -0.4 is 0 Å². The summed E-state index contributed by atoms with van der Waals surface area (Å²) in [5.41, 5.74) is 2.26. The molecule has 0 amide bonds. The van der Waals surface area contributed by atoms with Crippen LogP contribution in [-0.2, 0) is 17.9 Å². The molecule has 0 saturated carbocycles. The molecule has 0 radical (unpaired) electrons. The summed E-state index contributed by atoms with van der Waals surface area (Å²) in [6.45, 7) is 9.74. The highest BCUT2D eigenvalue weighted by atomic mass is 79.9. The van der Waals surface area contributed by atoms with Crippen LogP contribution >= 0.6 is 15.9 Å². The van der Waals surface area contributed by atoms with E-state index in [1.165, 1.54) is 5.69 Å². The number of rotatable bonds is 4. The first-order valence-electron chi connectivity index (χ1n) is 7.03. The van der Waals surface area contributed by atoms with Gasteiger partial charge in [-0.15, -0.1) is 0 Å². The fourth-order valence-electron chi connectivity index (χ4n) is 2.71. The Bertz CT molecular complexity index is 470. The fourth-order valence-corrected chi connectivity index (χ4v) is 3.12. The number of aryl methyl sites for hydroxylation is 2. The third-order valence-electron chi connectivity index (χ3n) is 3.93. The monoisotopic (exact) mass is 327 g/mol. The van der Waals surface area contributed by atoms with E-state index < -0.39 is 0 Å². The van der Waals surface area contributed by atoms with Crippen molar-refractivity contribution in [2.75, 3.05) is 13.1 Å². The van der Waals surface area contributed by atoms with Crippen LogP contribution in [0.4, 0.5) is 0 Å². The van der Waals surface area contributed by atoms with Gasteiger partial charge >= 0.3 is 0 Å². The fraction of sp³-hybridized carbons (Fsp3) is 0.714. The summed E-state index contributed by atoms with van der Waals surface area (Å²) in [6.07, 6.45) is 1.64. The minimum Gasteiger partial charge on any atom is -0.299 e. The normalized spacial score (nSPS) is 21.1. The lowest BCUT2D eigenvalue weighted by molar-refractivity contribution is -0.126. The number of carbonyl (C=O) groups excluding carboxylic acids is 1. The van der Waals surface area contributed by atoms with E-state index in [0.717, 1.165) is 42.8 Å². The highest BCUT2D eigenvalue weighted by Gasteiger charge is 2.27. The summed E-state index contributed by atoms with van der Waals surface area (Å²) in [5.74, 6) is 0.643. The second-order valence-electron chi connectivity index (χ2n) is 5.22. The van der Waals surface area contributed by atoms with E-state index in [4.69, 9.17) is 0 Å². The van der Waals surface area contributed by atoms with Crippen molar-refractivity contribution in [3.05, 3.63) is 15.9 Å². The molecule has 0 aromatic carbocycles. The Kier molecular flexibility index (Phi) is 4.79. The summed E-state index contributed by atoms with van der Waals surface area (Å²) < 4.78 is 3.16. The number of nitrogens with zero attached hydrogens (tertiary/aromatic N) is 3. The zero-order valence-corrected chi connectivity index (χ0v) is 13.5. The zero-order chi connectivity index (χ0) is 14.0. The van der Waals surface area contributed by atoms with Crippen LogP contribution in [0.1, 0.15) is 38.1 Å². The summed E-state index contributed by atoms with van der Waals surface area (Å²) >= 11 is 3.64. The van der Waals surface area contributed by atoms with Crippen molar-refractivity contribution in [3.63, 3.8) is 0 Å². The van der Waals surface area contributed by atoms with Gasteiger partial charge in [0.2, 0.25) is 0 Å². The Hall–Kier alpha value is -0.680. The molecule has 1 fully saturated rings. The average Bonchev–Trinajstić information content (AvgIpc) is 2.68. The molecule has 0 bridgehead atoms. The largest absolute Gasteiger partial charge is 0.299 e. The number of piperidine rings is 1. The van der Waals surface area contributed by atoms with Gasteiger partial charge in [-0.2, -0.15) is 5.10 Å². The van der Waals surface area contributed by atoms with Gasteiger partial charge < -0.3 is 0 Å². The Morgan fingerprint density at radius 2 is 2.16 bits per heavy atom. The minimum absolute atomic E-state index is 0.214. The Labute approximate surface area is 123 Å². The van der Waals surface area contributed by atoms with Crippen LogP contribution in [0, 0.1) is 12.8 Å². The standard InChI is InChI=1S/C14H22BrN3O/c1-4-11-8-17(7-6-13(11)19)9-12-14(15)10(3)16-18(12)5-2/h11H,4-9H2,1-3H3. The van der Waals surface area contributed by atoms with E-state index in [1.54, 1.807) is 0 Å². The first kappa shape index (κ1) is 14.7. The van der Waals surface area contributed by atoms with Gasteiger partial charge in [-0.1, -0.05) is 6.92 Å². The van der Waals surface area contributed by atoms with Gasteiger partial charge in [0.1, 0.15) is 5.78 Å². The molecule has 1 aromatic rings. The van der Waals surface area contributed by atoms with Gasteiger partial charge in [0.25, 0.3) is 0 Å². The summed E-state index contributed by atoms with van der Waals surface area (Å²) in [6, 6.07) is 0. The van der Waals surface area contributed by atoms with Crippen molar-refractivity contribution < 1.29 is 4.79 Å². The highest BCUT2D eigenvalue weighted by molar-refractivity contribution is 9.10. The van der Waals surface area contributed by atoms with Gasteiger partial charge in [0, 0.05) is 38.5 Å². The number of hydrogen-bond acceptors (Lipinski definition) is 3. The minimum atomic E-state index is 0.214. The Balaban J connectivity index is 2.11. The molecule has 0 spiro atoms. The molecule has 0 N–H and O–H groups in total. The second-order valence-corrected chi connectivity index (χ2v) is 6.01. The van der Waals surface area contributed by atoms with Gasteiger partial charge in [0.05, 0.1) is 15.9 Å². The molecule has 5 heteroatoms. The smallest absolute Gasteiger partial charge is 0.138 e.